The molecular weight excluding hydrogens is 258 g/mol. The molecule has 0 spiro atoms. The second-order valence-electron chi connectivity index (χ2n) is 6.66. The fourth-order valence-electron chi connectivity index (χ4n) is 3.58. The highest BCUT2D eigenvalue weighted by molar-refractivity contribution is 5.83. The number of rotatable bonds is 5. The summed E-state index contributed by atoms with van der Waals surface area (Å²) in [5.74, 6) is -1.06. The van der Waals surface area contributed by atoms with Gasteiger partial charge in [-0.1, -0.05) is 33.1 Å². The van der Waals surface area contributed by atoms with Crippen molar-refractivity contribution in [2.45, 2.75) is 64.0 Å². The number of aliphatic carboxylic acids is 1. The molecule has 1 unspecified atom stereocenters. The first kappa shape index (κ1) is 15.3. The summed E-state index contributed by atoms with van der Waals surface area (Å²) < 4.78 is 0. The zero-order valence-electron chi connectivity index (χ0n) is 12.3. The van der Waals surface area contributed by atoms with Gasteiger partial charge in [-0.2, -0.15) is 0 Å². The van der Waals surface area contributed by atoms with Crippen LogP contribution in [0, 0.1) is 17.8 Å². The molecular formula is C15H25NO4. The molecule has 2 saturated carbocycles. The molecule has 3 atom stereocenters. The summed E-state index contributed by atoms with van der Waals surface area (Å²) in [7, 11) is 0. The Kier molecular flexibility index (Phi) is 4.37. The third kappa shape index (κ3) is 2.82. The normalized spacial score (nSPS) is 31.9. The second kappa shape index (κ2) is 5.72. The number of hydrogen-bond donors (Lipinski definition) is 3. The monoisotopic (exact) mass is 283 g/mol. The number of aliphatic hydroxyl groups is 1. The third-order valence-electron chi connectivity index (χ3n) is 4.92. The van der Waals surface area contributed by atoms with E-state index in [-0.39, 0.29) is 23.7 Å². The summed E-state index contributed by atoms with van der Waals surface area (Å²) in [6.07, 6.45) is 4.06. The van der Waals surface area contributed by atoms with E-state index in [9.17, 15) is 14.7 Å². The molecule has 2 aliphatic rings. The van der Waals surface area contributed by atoms with Gasteiger partial charge < -0.3 is 15.5 Å². The van der Waals surface area contributed by atoms with Crippen molar-refractivity contribution in [2.24, 2.45) is 17.8 Å². The number of amides is 1. The van der Waals surface area contributed by atoms with E-state index in [1.165, 1.54) is 6.42 Å². The van der Waals surface area contributed by atoms with Crippen LogP contribution in [0.25, 0.3) is 0 Å². The summed E-state index contributed by atoms with van der Waals surface area (Å²) in [6.45, 7) is 3.99. The Morgan fingerprint density at radius 2 is 1.80 bits per heavy atom. The standard InChI is InChI=1S/C15H25NO4/c1-9(2)11-8-15(11,12(17)14(19)20)16-13(18)10-6-4-3-5-7-10/h9-12,17H,3-8H2,1-2H3,(H,16,18)(H,19,20)/t11-,12?,15+/m0/s1. The van der Waals surface area contributed by atoms with Gasteiger partial charge in [0.15, 0.2) is 6.10 Å². The van der Waals surface area contributed by atoms with Gasteiger partial charge in [0, 0.05) is 5.92 Å². The van der Waals surface area contributed by atoms with Gasteiger partial charge in [-0.25, -0.2) is 4.79 Å². The van der Waals surface area contributed by atoms with E-state index in [2.05, 4.69) is 5.32 Å². The summed E-state index contributed by atoms with van der Waals surface area (Å²) in [6, 6.07) is 0. The number of hydrogen-bond acceptors (Lipinski definition) is 3. The lowest BCUT2D eigenvalue weighted by molar-refractivity contribution is -0.150. The Labute approximate surface area is 119 Å². The summed E-state index contributed by atoms with van der Waals surface area (Å²) >= 11 is 0. The smallest absolute Gasteiger partial charge is 0.335 e. The van der Waals surface area contributed by atoms with Crippen LogP contribution in [-0.4, -0.2) is 33.7 Å². The van der Waals surface area contributed by atoms with Crippen LogP contribution >= 0.6 is 0 Å². The molecule has 1 amide bonds. The van der Waals surface area contributed by atoms with Gasteiger partial charge in [-0.05, 0) is 31.1 Å². The fourth-order valence-corrected chi connectivity index (χ4v) is 3.58. The van der Waals surface area contributed by atoms with Crippen molar-refractivity contribution in [3.8, 4) is 0 Å². The number of aliphatic hydroxyl groups excluding tert-OH is 1. The molecule has 2 rings (SSSR count). The van der Waals surface area contributed by atoms with Gasteiger partial charge in [0.25, 0.3) is 0 Å². The SMILES string of the molecule is CC(C)[C@@H]1C[C@]1(NC(=O)C1CCCCC1)C(O)C(=O)O. The molecule has 2 fully saturated rings. The molecule has 0 aromatic heterocycles. The Morgan fingerprint density at radius 3 is 2.25 bits per heavy atom. The van der Waals surface area contributed by atoms with Gasteiger partial charge in [0.05, 0.1) is 5.54 Å². The molecule has 0 heterocycles. The van der Waals surface area contributed by atoms with Gasteiger partial charge in [0.1, 0.15) is 0 Å². The molecule has 0 saturated heterocycles. The van der Waals surface area contributed by atoms with E-state index in [1.807, 2.05) is 13.8 Å². The van der Waals surface area contributed by atoms with Crippen molar-refractivity contribution < 1.29 is 19.8 Å². The first-order chi connectivity index (χ1) is 9.38. The van der Waals surface area contributed by atoms with Crippen molar-refractivity contribution in [3.05, 3.63) is 0 Å². The van der Waals surface area contributed by atoms with Crippen LogP contribution in [0.2, 0.25) is 0 Å². The molecule has 5 heteroatoms. The number of carboxylic acid groups (broad SMARTS) is 1. The fraction of sp³-hybridized carbons (Fsp3) is 0.867. The van der Waals surface area contributed by atoms with Crippen LogP contribution in [0.4, 0.5) is 0 Å². The zero-order chi connectivity index (χ0) is 14.9. The average Bonchev–Trinajstić information content (AvgIpc) is 3.14. The number of carbonyl (C=O) groups is 2. The van der Waals surface area contributed by atoms with Gasteiger partial charge in [0.2, 0.25) is 5.91 Å². The molecule has 2 aliphatic carbocycles. The highest BCUT2D eigenvalue weighted by atomic mass is 16.4. The van der Waals surface area contributed by atoms with Crippen molar-refractivity contribution >= 4 is 11.9 Å². The molecule has 114 valence electrons. The summed E-state index contributed by atoms with van der Waals surface area (Å²) in [4.78, 5) is 23.4. The van der Waals surface area contributed by atoms with Crippen molar-refractivity contribution in [2.75, 3.05) is 0 Å². The number of carboxylic acids is 1. The lowest BCUT2D eigenvalue weighted by Gasteiger charge is -2.28. The highest BCUT2D eigenvalue weighted by Gasteiger charge is 2.63. The Balaban J connectivity index is 2.05. The Hall–Kier alpha value is -1.10. The maximum Gasteiger partial charge on any atom is 0.335 e. The lowest BCUT2D eigenvalue weighted by atomic mass is 9.88. The van der Waals surface area contributed by atoms with Gasteiger partial charge in [-0.3, -0.25) is 4.79 Å². The molecule has 0 aliphatic heterocycles. The first-order valence-electron chi connectivity index (χ1n) is 7.61. The second-order valence-corrected chi connectivity index (χ2v) is 6.66. The molecule has 3 N–H and O–H groups in total. The lowest BCUT2D eigenvalue weighted by Crippen LogP contribution is -2.53. The van der Waals surface area contributed by atoms with Crippen LogP contribution < -0.4 is 5.32 Å². The minimum Gasteiger partial charge on any atom is -0.479 e. The highest BCUT2D eigenvalue weighted by Crippen LogP contribution is 2.51. The minimum atomic E-state index is -1.51. The van der Waals surface area contributed by atoms with Crippen molar-refractivity contribution in [1.82, 2.24) is 5.32 Å². The Bertz CT molecular complexity index is 389. The average molecular weight is 283 g/mol. The van der Waals surface area contributed by atoms with E-state index in [4.69, 9.17) is 5.11 Å². The quantitative estimate of drug-likeness (QED) is 0.714. The van der Waals surface area contributed by atoms with E-state index in [0.29, 0.717) is 6.42 Å². The maximum atomic E-state index is 12.3. The number of carbonyl (C=O) groups excluding carboxylic acids is 1. The van der Waals surface area contributed by atoms with E-state index in [0.717, 1.165) is 25.7 Å². The van der Waals surface area contributed by atoms with Crippen LogP contribution in [0.1, 0.15) is 52.4 Å². The zero-order valence-corrected chi connectivity index (χ0v) is 12.3. The predicted molar refractivity (Wildman–Crippen MR) is 74.0 cm³/mol. The van der Waals surface area contributed by atoms with E-state index >= 15 is 0 Å². The van der Waals surface area contributed by atoms with Crippen molar-refractivity contribution in [3.63, 3.8) is 0 Å². The first-order valence-corrected chi connectivity index (χ1v) is 7.61. The number of nitrogens with one attached hydrogen (secondary N) is 1. The van der Waals surface area contributed by atoms with Gasteiger partial charge >= 0.3 is 5.97 Å². The van der Waals surface area contributed by atoms with E-state index < -0.39 is 17.6 Å². The molecule has 0 bridgehead atoms. The molecule has 5 nitrogen and oxygen atoms in total. The Morgan fingerprint density at radius 1 is 1.20 bits per heavy atom. The maximum absolute atomic E-state index is 12.3. The largest absolute Gasteiger partial charge is 0.479 e. The molecule has 0 aromatic carbocycles. The van der Waals surface area contributed by atoms with Crippen LogP contribution in [-0.2, 0) is 9.59 Å². The summed E-state index contributed by atoms with van der Waals surface area (Å²) in [5.41, 5.74) is -0.950. The van der Waals surface area contributed by atoms with Crippen molar-refractivity contribution in [1.29, 1.82) is 0 Å². The topological polar surface area (TPSA) is 86.6 Å². The summed E-state index contributed by atoms with van der Waals surface area (Å²) in [5, 5.41) is 21.9. The molecule has 20 heavy (non-hydrogen) atoms. The predicted octanol–water partition coefficient (Wildman–Crippen LogP) is 1.54. The van der Waals surface area contributed by atoms with Crippen LogP contribution in [0.15, 0.2) is 0 Å². The van der Waals surface area contributed by atoms with Crippen LogP contribution in [0.5, 0.6) is 0 Å². The molecule has 0 aromatic rings. The van der Waals surface area contributed by atoms with Crippen LogP contribution in [0.3, 0.4) is 0 Å². The molecule has 0 radical (unpaired) electrons. The minimum absolute atomic E-state index is 0.0185. The van der Waals surface area contributed by atoms with E-state index in [1.54, 1.807) is 0 Å². The third-order valence-corrected chi connectivity index (χ3v) is 4.92. The van der Waals surface area contributed by atoms with Gasteiger partial charge in [-0.15, -0.1) is 0 Å².